The summed E-state index contributed by atoms with van der Waals surface area (Å²) in [6.07, 6.45) is 4.17. The van der Waals surface area contributed by atoms with Crippen LogP contribution < -0.4 is 10.2 Å². The molecule has 21 heavy (non-hydrogen) atoms. The van der Waals surface area contributed by atoms with E-state index in [1.165, 1.54) is 0 Å². The minimum atomic E-state index is -0.0303. The van der Waals surface area contributed by atoms with Gasteiger partial charge >= 0.3 is 0 Å². The molecule has 1 N–H and O–H groups in total. The molecule has 110 valence electrons. The molecule has 5 nitrogen and oxygen atoms in total. The summed E-state index contributed by atoms with van der Waals surface area (Å²) in [5.41, 5.74) is 2.39. The molecule has 2 heterocycles. The molecule has 0 aliphatic heterocycles. The van der Waals surface area contributed by atoms with Crippen molar-refractivity contribution in [3.8, 4) is 0 Å². The smallest absolute Gasteiger partial charge is 0.258 e. The number of aromatic nitrogens is 2. The number of anilines is 2. The lowest BCUT2D eigenvalue weighted by Gasteiger charge is -2.21. The van der Waals surface area contributed by atoms with Crippen LogP contribution in [0.15, 0.2) is 36.7 Å². The van der Waals surface area contributed by atoms with Crippen LogP contribution in [-0.2, 0) is 6.42 Å². The van der Waals surface area contributed by atoms with Crippen molar-refractivity contribution in [1.29, 1.82) is 0 Å². The first-order valence-electron chi connectivity index (χ1n) is 7.10. The van der Waals surface area contributed by atoms with Crippen molar-refractivity contribution in [2.24, 2.45) is 0 Å². The van der Waals surface area contributed by atoms with E-state index in [4.69, 9.17) is 0 Å². The predicted octanol–water partition coefficient (Wildman–Crippen LogP) is 2.75. The highest BCUT2D eigenvalue weighted by Gasteiger charge is 2.17. The summed E-state index contributed by atoms with van der Waals surface area (Å²) >= 11 is 0. The van der Waals surface area contributed by atoms with Gasteiger partial charge in [-0.05, 0) is 37.6 Å². The van der Waals surface area contributed by atoms with Crippen LogP contribution in [0, 0.1) is 0 Å². The van der Waals surface area contributed by atoms with E-state index in [-0.39, 0.29) is 5.91 Å². The Morgan fingerprint density at radius 3 is 2.52 bits per heavy atom. The second-order valence-electron chi connectivity index (χ2n) is 4.59. The van der Waals surface area contributed by atoms with Crippen LogP contribution in [-0.4, -0.2) is 29.5 Å². The van der Waals surface area contributed by atoms with Crippen LogP contribution in [0.1, 0.15) is 29.9 Å². The van der Waals surface area contributed by atoms with Gasteiger partial charge in [-0.3, -0.25) is 9.78 Å². The Bertz CT molecular complexity index is 591. The van der Waals surface area contributed by atoms with Crippen molar-refractivity contribution in [2.45, 2.75) is 20.3 Å². The summed E-state index contributed by atoms with van der Waals surface area (Å²) in [7, 11) is 1.80. The molecule has 0 aromatic carbocycles. The Morgan fingerprint density at radius 1 is 1.24 bits per heavy atom. The summed E-state index contributed by atoms with van der Waals surface area (Å²) in [5, 5.41) is 3.00. The standard InChI is InChI=1S/C16H20N4O/c1-4-13-10-12(11-15(17-3)19-13)16(21)20(5-2)14-6-8-18-9-7-14/h6-11H,4-5H2,1-3H3,(H,17,19). The zero-order chi connectivity index (χ0) is 15.2. The quantitative estimate of drug-likeness (QED) is 0.917. The zero-order valence-corrected chi connectivity index (χ0v) is 12.6. The molecule has 0 bridgehead atoms. The maximum atomic E-state index is 12.8. The van der Waals surface area contributed by atoms with Gasteiger partial charge in [0.1, 0.15) is 5.82 Å². The van der Waals surface area contributed by atoms with Gasteiger partial charge in [0.05, 0.1) is 0 Å². The first kappa shape index (κ1) is 15.0. The van der Waals surface area contributed by atoms with Crippen molar-refractivity contribution in [1.82, 2.24) is 9.97 Å². The third-order valence-corrected chi connectivity index (χ3v) is 3.28. The third-order valence-electron chi connectivity index (χ3n) is 3.28. The largest absolute Gasteiger partial charge is 0.373 e. The highest BCUT2D eigenvalue weighted by atomic mass is 16.2. The molecule has 0 saturated heterocycles. The number of hydrogen-bond donors (Lipinski definition) is 1. The molecule has 5 heteroatoms. The Kier molecular flexibility index (Phi) is 4.87. The molecule has 0 unspecified atom stereocenters. The van der Waals surface area contributed by atoms with E-state index in [0.29, 0.717) is 17.9 Å². The number of pyridine rings is 2. The van der Waals surface area contributed by atoms with Crippen molar-refractivity contribution < 1.29 is 4.79 Å². The highest BCUT2D eigenvalue weighted by molar-refractivity contribution is 6.06. The van der Waals surface area contributed by atoms with Gasteiger partial charge in [0.25, 0.3) is 5.91 Å². The van der Waals surface area contributed by atoms with E-state index in [1.807, 2.05) is 32.0 Å². The van der Waals surface area contributed by atoms with Gasteiger partial charge < -0.3 is 10.2 Å². The second-order valence-corrected chi connectivity index (χ2v) is 4.59. The molecule has 0 fully saturated rings. The first-order chi connectivity index (χ1) is 10.2. The molecular weight excluding hydrogens is 264 g/mol. The van der Waals surface area contributed by atoms with E-state index < -0.39 is 0 Å². The highest BCUT2D eigenvalue weighted by Crippen LogP contribution is 2.18. The average molecular weight is 284 g/mol. The molecule has 2 aromatic heterocycles. The average Bonchev–Trinajstić information content (AvgIpc) is 2.55. The van der Waals surface area contributed by atoms with Crippen molar-refractivity contribution in [2.75, 3.05) is 23.8 Å². The number of aryl methyl sites for hydroxylation is 1. The Hall–Kier alpha value is -2.43. The van der Waals surface area contributed by atoms with Crippen LogP contribution in [0.4, 0.5) is 11.5 Å². The van der Waals surface area contributed by atoms with Crippen LogP contribution >= 0.6 is 0 Å². The number of nitrogens with one attached hydrogen (secondary N) is 1. The maximum Gasteiger partial charge on any atom is 0.258 e. The summed E-state index contributed by atoms with van der Waals surface area (Å²) in [4.78, 5) is 22.9. The lowest BCUT2D eigenvalue weighted by Crippen LogP contribution is -2.30. The number of amides is 1. The fourth-order valence-corrected chi connectivity index (χ4v) is 2.14. The fourth-order valence-electron chi connectivity index (χ4n) is 2.14. The minimum absolute atomic E-state index is 0.0303. The van der Waals surface area contributed by atoms with Gasteiger partial charge in [-0.1, -0.05) is 6.92 Å². The van der Waals surface area contributed by atoms with Crippen LogP contribution in [0.3, 0.4) is 0 Å². The summed E-state index contributed by atoms with van der Waals surface area (Å²) in [6.45, 7) is 4.58. The first-order valence-corrected chi connectivity index (χ1v) is 7.10. The molecule has 0 aliphatic rings. The normalized spacial score (nSPS) is 10.2. The van der Waals surface area contributed by atoms with E-state index in [1.54, 1.807) is 30.4 Å². The van der Waals surface area contributed by atoms with Crippen molar-refractivity contribution in [3.63, 3.8) is 0 Å². The topological polar surface area (TPSA) is 58.1 Å². The Balaban J connectivity index is 2.38. The van der Waals surface area contributed by atoms with Crippen molar-refractivity contribution >= 4 is 17.4 Å². The van der Waals surface area contributed by atoms with Gasteiger partial charge in [-0.2, -0.15) is 0 Å². The van der Waals surface area contributed by atoms with Crippen molar-refractivity contribution in [3.05, 3.63) is 47.9 Å². The number of carbonyl (C=O) groups excluding carboxylic acids is 1. The molecule has 0 spiro atoms. The summed E-state index contributed by atoms with van der Waals surface area (Å²) in [6, 6.07) is 7.31. The van der Waals surface area contributed by atoms with Gasteiger partial charge in [-0.15, -0.1) is 0 Å². The van der Waals surface area contributed by atoms with Gasteiger partial charge in [-0.25, -0.2) is 4.98 Å². The molecule has 0 atom stereocenters. The zero-order valence-electron chi connectivity index (χ0n) is 12.6. The molecule has 0 radical (unpaired) electrons. The molecular formula is C16H20N4O. The van der Waals surface area contributed by atoms with Gasteiger partial charge in [0.15, 0.2) is 0 Å². The number of rotatable bonds is 5. The molecule has 2 aromatic rings. The number of carbonyl (C=O) groups is 1. The van der Waals surface area contributed by atoms with E-state index in [9.17, 15) is 4.79 Å². The van der Waals surface area contributed by atoms with Crippen LogP contribution in [0.25, 0.3) is 0 Å². The van der Waals surface area contributed by atoms with Crippen LogP contribution in [0.2, 0.25) is 0 Å². The maximum absolute atomic E-state index is 12.8. The second kappa shape index (κ2) is 6.83. The Morgan fingerprint density at radius 2 is 1.95 bits per heavy atom. The fraction of sp³-hybridized carbons (Fsp3) is 0.312. The molecule has 0 aliphatic carbocycles. The number of hydrogen-bond acceptors (Lipinski definition) is 4. The van der Waals surface area contributed by atoms with E-state index >= 15 is 0 Å². The molecule has 2 rings (SSSR count). The predicted molar refractivity (Wildman–Crippen MR) is 84.7 cm³/mol. The summed E-state index contributed by atoms with van der Waals surface area (Å²) < 4.78 is 0. The Labute approximate surface area is 125 Å². The van der Waals surface area contributed by atoms with E-state index in [2.05, 4.69) is 15.3 Å². The van der Waals surface area contributed by atoms with Crippen LogP contribution in [0.5, 0.6) is 0 Å². The minimum Gasteiger partial charge on any atom is -0.373 e. The van der Waals surface area contributed by atoms with Gasteiger partial charge in [0.2, 0.25) is 0 Å². The SMILES string of the molecule is CCc1cc(C(=O)N(CC)c2ccncc2)cc(NC)n1. The monoisotopic (exact) mass is 284 g/mol. The van der Waals surface area contributed by atoms with Gasteiger partial charge in [0, 0.05) is 42.9 Å². The lowest BCUT2D eigenvalue weighted by molar-refractivity contribution is 0.0988. The summed E-state index contributed by atoms with van der Waals surface area (Å²) in [5.74, 6) is 0.681. The number of nitrogens with zero attached hydrogens (tertiary/aromatic N) is 3. The van der Waals surface area contributed by atoms with E-state index in [0.717, 1.165) is 17.8 Å². The third kappa shape index (κ3) is 3.37. The molecule has 1 amide bonds. The lowest BCUT2D eigenvalue weighted by atomic mass is 10.1. The molecule has 0 saturated carbocycles.